The lowest BCUT2D eigenvalue weighted by Crippen LogP contribution is -2.28. The highest BCUT2D eigenvalue weighted by molar-refractivity contribution is 7.98. The maximum Gasteiger partial charge on any atom is 0.254 e. The Labute approximate surface area is 112 Å². The van der Waals surface area contributed by atoms with Crippen LogP contribution in [0.15, 0.2) is 35.5 Å². The Morgan fingerprint density at radius 3 is 3.06 bits per heavy atom. The van der Waals surface area contributed by atoms with Gasteiger partial charge in [-0.25, -0.2) is 4.98 Å². The maximum atomic E-state index is 11.9. The van der Waals surface area contributed by atoms with Crippen molar-refractivity contribution in [2.45, 2.75) is 11.9 Å². The number of hydrogen-bond acceptors (Lipinski definition) is 4. The van der Waals surface area contributed by atoms with Crippen LogP contribution < -0.4 is 5.32 Å². The third-order valence-electron chi connectivity index (χ3n) is 2.09. The monoisotopic (exact) mass is 266 g/mol. The minimum absolute atomic E-state index is 0.119. The van der Waals surface area contributed by atoms with Crippen molar-refractivity contribution in [3.05, 3.63) is 36.0 Å². The normalized spacial score (nSPS) is 10.1. The number of carbonyl (C=O) groups is 1. The molecule has 1 amide bonds. The maximum absolute atomic E-state index is 11.9. The van der Waals surface area contributed by atoms with Gasteiger partial charge in [-0.1, -0.05) is 12.2 Å². The first-order valence-electron chi connectivity index (χ1n) is 5.64. The van der Waals surface area contributed by atoms with Crippen molar-refractivity contribution in [1.82, 2.24) is 10.3 Å². The Bertz CT molecular complexity index is 421. The zero-order valence-corrected chi connectivity index (χ0v) is 11.5. The number of thioether (sulfide) groups is 1. The molecule has 0 radical (unpaired) electrons. The van der Waals surface area contributed by atoms with Crippen LogP contribution >= 0.6 is 11.8 Å². The summed E-state index contributed by atoms with van der Waals surface area (Å²) in [5, 5.41) is 3.53. The minimum Gasteiger partial charge on any atom is -0.375 e. The van der Waals surface area contributed by atoms with Gasteiger partial charge in [0, 0.05) is 12.7 Å². The lowest BCUT2D eigenvalue weighted by molar-refractivity contribution is 0.0923. The second kappa shape index (κ2) is 7.89. The van der Waals surface area contributed by atoms with Gasteiger partial charge in [-0.3, -0.25) is 4.79 Å². The molecule has 18 heavy (non-hydrogen) atoms. The summed E-state index contributed by atoms with van der Waals surface area (Å²) in [6.07, 6.45) is 3.58. The standard InChI is InChI=1S/C13H18N2O2S/c1-10(2)9-17-8-7-14-12(16)11-5-4-6-15-13(11)18-3/h4-6H,1,7-9H2,2-3H3,(H,14,16). The first-order valence-corrected chi connectivity index (χ1v) is 6.87. The van der Waals surface area contributed by atoms with Gasteiger partial charge in [-0.2, -0.15) is 0 Å². The predicted octanol–water partition coefficient (Wildman–Crippen LogP) is 2.13. The molecule has 0 saturated heterocycles. The highest BCUT2D eigenvalue weighted by Crippen LogP contribution is 2.16. The van der Waals surface area contributed by atoms with E-state index in [-0.39, 0.29) is 5.91 Å². The number of ether oxygens (including phenoxy) is 1. The first-order chi connectivity index (χ1) is 8.65. The van der Waals surface area contributed by atoms with Gasteiger partial charge in [0.1, 0.15) is 5.03 Å². The van der Waals surface area contributed by atoms with Crippen LogP contribution in [-0.2, 0) is 4.74 Å². The first kappa shape index (κ1) is 14.7. The summed E-state index contributed by atoms with van der Waals surface area (Å²) in [4.78, 5) is 16.0. The molecule has 0 aromatic carbocycles. The van der Waals surface area contributed by atoms with Crippen molar-refractivity contribution in [2.24, 2.45) is 0 Å². The predicted molar refractivity (Wildman–Crippen MR) is 74.0 cm³/mol. The summed E-state index contributed by atoms with van der Waals surface area (Å²) in [6.45, 7) is 7.12. The van der Waals surface area contributed by atoms with E-state index in [2.05, 4.69) is 16.9 Å². The molecule has 0 unspecified atom stereocenters. The molecule has 0 bridgehead atoms. The van der Waals surface area contributed by atoms with E-state index in [9.17, 15) is 4.79 Å². The van der Waals surface area contributed by atoms with E-state index in [0.717, 1.165) is 10.6 Å². The molecule has 0 spiro atoms. The van der Waals surface area contributed by atoms with Gasteiger partial charge < -0.3 is 10.1 Å². The Hall–Kier alpha value is -1.33. The number of nitrogens with zero attached hydrogens (tertiary/aromatic N) is 1. The Balaban J connectivity index is 2.38. The number of amides is 1. The van der Waals surface area contributed by atoms with Gasteiger partial charge in [0.25, 0.3) is 5.91 Å². The van der Waals surface area contributed by atoms with Gasteiger partial charge in [0.05, 0.1) is 18.8 Å². The van der Waals surface area contributed by atoms with Crippen LogP contribution in [0.1, 0.15) is 17.3 Å². The van der Waals surface area contributed by atoms with Crippen molar-refractivity contribution in [2.75, 3.05) is 26.0 Å². The summed E-state index contributed by atoms with van der Waals surface area (Å²) < 4.78 is 5.30. The average molecular weight is 266 g/mol. The molecule has 1 rings (SSSR count). The van der Waals surface area contributed by atoms with Crippen LogP contribution in [0, 0.1) is 0 Å². The van der Waals surface area contributed by atoms with Crippen LogP contribution in [0.3, 0.4) is 0 Å². The highest BCUT2D eigenvalue weighted by atomic mass is 32.2. The van der Waals surface area contributed by atoms with E-state index in [1.165, 1.54) is 11.8 Å². The fourth-order valence-corrected chi connectivity index (χ4v) is 1.85. The third kappa shape index (κ3) is 4.89. The van der Waals surface area contributed by atoms with Gasteiger partial charge in [0.15, 0.2) is 0 Å². The number of aromatic nitrogens is 1. The summed E-state index contributed by atoms with van der Waals surface area (Å²) in [5.41, 5.74) is 1.57. The van der Waals surface area contributed by atoms with Crippen molar-refractivity contribution >= 4 is 17.7 Å². The molecule has 98 valence electrons. The van der Waals surface area contributed by atoms with Crippen molar-refractivity contribution < 1.29 is 9.53 Å². The minimum atomic E-state index is -0.119. The van der Waals surface area contributed by atoms with Crippen LogP contribution in [0.5, 0.6) is 0 Å². The Morgan fingerprint density at radius 1 is 1.61 bits per heavy atom. The second-order valence-electron chi connectivity index (χ2n) is 3.83. The molecular formula is C13H18N2O2S. The van der Waals surface area contributed by atoms with Gasteiger partial charge in [0.2, 0.25) is 0 Å². The summed E-state index contributed by atoms with van der Waals surface area (Å²) in [7, 11) is 0. The quantitative estimate of drug-likeness (QED) is 0.466. The van der Waals surface area contributed by atoms with Crippen LogP contribution in [0.25, 0.3) is 0 Å². The molecule has 0 aliphatic heterocycles. The molecule has 0 aliphatic carbocycles. The van der Waals surface area contributed by atoms with E-state index in [0.29, 0.717) is 25.3 Å². The SMILES string of the molecule is C=C(C)COCCNC(=O)c1cccnc1SC. The zero-order chi connectivity index (χ0) is 13.4. The second-order valence-corrected chi connectivity index (χ2v) is 4.62. The van der Waals surface area contributed by atoms with Gasteiger partial charge >= 0.3 is 0 Å². The number of nitrogens with one attached hydrogen (secondary N) is 1. The topological polar surface area (TPSA) is 51.2 Å². The van der Waals surface area contributed by atoms with Gasteiger partial charge in [-0.15, -0.1) is 11.8 Å². The van der Waals surface area contributed by atoms with E-state index < -0.39 is 0 Å². The van der Waals surface area contributed by atoms with Crippen LogP contribution in [0.4, 0.5) is 0 Å². The lowest BCUT2D eigenvalue weighted by atomic mass is 10.2. The number of pyridine rings is 1. The Morgan fingerprint density at radius 2 is 2.39 bits per heavy atom. The summed E-state index contributed by atoms with van der Waals surface area (Å²) >= 11 is 1.46. The molecule has 4 nitrogen and oxygen atoms in total. The molecular weight excluding hydrogens is 248 g/mol. The molecule has 0 saturated carbocycles. The summed E-state index contributed by atoms with van der Waals surface area (Å²) in [6, 6.07) is 3.52. The molecule has 1 heterocycles. The van der Waals surface area contributed by atoms with Crippen molar-refractivity contribution in [3.63, 3.8) is 0 Å². The van der Waals surface area contributed by atoms with E-state index in [1.54, 1.807) is 18.3 Å². The molecule has 0 fully saturated rings. The van der Waals surface area contributed by atoms with Crippen molar-refractivity contribution in [3.8, 4) is 0 Å². The zero-order valence-electron chi connectivity index (χ0n) is 10.7. The lowest BCUT2D eigenvalue weighted by Gasteiger charge is -2.08. The van der Waals surface area contributed by atoms with Crippen molar-refractivity contribution in [1.29, 1.82) is 0 Å². The van der Waals surface area contributed by atoms with Gasteiger partial charge in [-0.05, 0) is 25.3 Å². The molecule has 1 aromatic rings. The third-order valence-corrected chi connectivity index (χ3v) is 2.80. The van der Waals surface area contributed by atoms with Crippen LogP contribution in [-0.4, -0.2) is 36.9 Å². The van der Waals surface area contributed by atoms with E-state index in [1.807, 2.05) is 13.2 Å². The largest absolute Gasteiger partial charge is 0.375 e. The van der Waals surface area contributed by atoms with Crippen LogP contribution in [0.2, 0.25) is 0 Å². The molecule has 1 N–H and O–H groups in total. The number of carbonyl (C=O) groups excluding carboxylic acids is 1. The molecule has 0 atom stereocenters. The molecule has 0 aliphatic rings. The van der Waals surface area contributed by atoms with E-state index in [4.69, 9.17) is 4.74 Å². The number of hydrogen-bond donors (Lipinski definition) is 1. The smallest absolute Gasteiger partial charge is 0.254 e. The molecule has 5 heteroatoms. The average Bonchev–Trinajstić information content (AvgIpc) is 2.37. The van der Waals surface area contributed by atoms with E-state index >= 15 is 0 Å². The Kier molecular flexibility index (Phi) is 6.46. The number of rotatable bonds is 7. The summed E-state index contributed by atoms with van der Waals surface area (Å²) in [5.74, 6) is -0.119. The fraction of sp³-hybridized carbons (Fsp3) is 0.385. The molecule has 1 aromatic heterocycles. The highest BCUT2D eigenvalue weighted by Gasteiger charge is 2.10. The fourth-order valence-electron chi connectivity index (χ4n) is 1.30.